The highest BCUT2D eigenvalue weighted by molar-refractivity contribution is 6.24. The van der Waals surface area contributed by atoms with Crippen molar-refractivity contribution in [1.82, 2.24) is 9.55 Å². The van der Waals surface area contributed by atoms with Gasteiger partial charge in [0, 0.05) is 38.3 Å². The summed E-state index contributed by atoms with van der Waals surface area (Å²) in [4.78, 5) is 3.61. The van der Waals surface area contributed by atoms with Crippen LogP contribution in [0.5, 0.6) is 0 Å². The number of nitrogens with zero attached hydrogens (tertiary/aromatic N) is 1. The summed E-state index contributed by atoms with van der Waals surface area (Å²) in [6.45, 7) is 0. The summed E-state index contributed by atoms with van der Waals surface area (Å²) in [6.07, 6.45) is 0. The maximum Gasteiger partial charge on any atom is 0.0553 e. The minimum atomic E-state index is 1.17. The molecule has 0 aliphatic rings. The van der Waals surface area contributed by atoms with E-state index in [4.69, 9.17) is 0 Å². The predicted molar refractivity (Wildman–Crippen MR) is 179 cm³/mol. The standard InChI is InChI=1S/C40H26N2/c1-2-13-29(14-3-1)42-38-20-9-7-18-34(38)40-33-17-5-4-15-30(33)35(25-39(40)42)28-12-10-11-26(23-28)27-21-22-32-31-16-6-8-19-36(31)41-37(32)24-27/h1-25,41H. The van der Waals surface area contributed by atoms with Crippen LogP contribution in [0.25, 0.3) is 82.3 Å². The molecule has 0 atom stereocenters. The molecular formula is C40H26N2. The molecular weight excluding hydrogens is 508 g/mol. The number of aromatic amines is 1. The first-order valence-electron chi connectivity index (χ1n) is 14.5. The molecule has 2 heteroatoms. The lowest BCUT2D eigenvalue weighted by atomic mass is 9.93. The number of aromatic nitrogens is 2. The molecule has 0 unspecified atom stereocenters. The van der Waals surface area contributed by atoms with Gasteiger partial charge in [0.1, 0.15) is 0 Å². The lowest BCUT2D eigenvalue weighted by Crippen LogP contribution is -1.94. The zero-order valence-corrected chi connectivity index (χ0v) is 22.9. The van der Waals surface area contributed by atoms with Crippen molar-refractivity contribution >= 4 is 54.4 Å². The molecule has 0 aliphatic carbocycles. The van der Waals surface area contributed by atoms with Crippen LogP contribution < -0.4 is 0 Å². The number of H-pyrrole nitrogens is 1. The quantitative estimate of drug-likeness (QED) is 0.233. The van der Waals surface area contributed by atoms with Crippen molar-refractivity contribution in [2.45, 2.75) is 0 Å². The Morgan fingerprint density at radius 3 is 1.93 bits per heavy atom. The van der Waals surface area contributed by atoms with E-state index in [9.17, 15) is 0 Å². The molecule has 42 heavy (non-hydrogen) atoms. The van der Waals surface area contributed by atoms with Gasteiger partial charge in [-0.25, -0.2) is 0 Å². The van der Waals surface area contributed by atoms with Crippen LogP contribution in [0.1, 0.15) is 0 Å². The maximum atomic E-state index is 3.61. The number of para-hydroxylation sites is 3. The summed E-state index contributed by atoms with van der Waals surface area (Å²) in [7, 11) is 0. The van der Waals surface area contributed by atoms with Gasteiger partial charge >= 0.3 is 0 Å². The van der Waals surface area contributed by atoms with E-state index >= 15 is 0 Å². The summed E-state index contributed by atoms with van der Waals surface area (Å²) in [5, 5.41) is 7.65. The molecule has 2 aromatic heterocycles. The van der Waals surface area contributed by atoms with Gasteiger partial charge in [-0.3, -0.25) is 0 Å². The number of rotatable bonds is 3. The van der Waals surface area contributed by atoms with Gasteiger partial charge in [0.2, 0.25) is 0 Å². The first-order valence-corrected chi connectivity index (χ1v) is 14.5. The summed E-state index contributed by atoms with van der Waals surface area (Å²) < 4.78 is 2.41. The first kappa shape index (κ1) is 23.1. The fourth-order valence-electron chi connectivity index (χ4n) is 6.82. The fraction of sp³-hybridized carbons (Fsp3) is 0. The minimum absolute atomic E-state index is 1.17. The van der Waals surface area contributed by atoms with Crippen LogP contribution in [-0.2, 0) is 0 Å². The van der Waals surface area contributed by atoms with Gasteiger partial charge in [0.05, 0.1) is 11.0 Å². The monoisotopic (exact) mass is 534 g/mol. The van der Waals surface area contributed by atoms with E-state index in [1.807, 2.05) is 0 Å². The smallest absolute Gasteiger partial charge is 0.0553 e. The van der Waals surface area contributed by atoms with Crippen LogP contribution in [0.2, 0.25) is 0 Å². The second-order valence-corrected chi connectivity index (χ2v) is 11.1. The SMILES string of the molecule is c1ccc(-n2c3ccccc3c3c4ccccc4c(-c4cccc(-c5ccc6c(c5)[nH]c5ccccc56)c4)cc32)cc1. The third kappa shape index (κ3) is 3.39. The number of hydrogen-bond donors (Lipinski definition) is 1. The lowest BCUT2D eigenvalue weighted by Gasteiger charge is -2.13. The third-order valence-corrected chi connectivity index (χ3v) is 8.71. The number of benzene rings is 7. The van der Waals surface area contributed by atoms with E-state index in [1.54, 1.807) is 0 Å². The van der Waals surface area contributed by atoms with Crippen molar-refractivity contribution in [1.29, 1.82) is 0 Å². The van der Waals surface area contributed by atoms with Crippen molar-refractivity contribution in [2.75, 3.05) is 0 Å². The molecule has 2 heterocycles. The van der Waals surface area contributed by atoms with Crippen molar-refractivity contribution in [3.05, 3.63) is 152 Å². The van der Waals surface area contributed by atoms with Crippen molar-refractivity contribution < 1.29 is 0 Å². The van der Waals surface area contributed by atoms with Gasteiger partial charge in [-0.1, -0.05) is 109 Å². The maximum absolute atomic E-state index is 3.61. The van der Waals surface area contributed by atoms with Crippen LogP contribution >= 0.6 is 0 Å². The molecule has 0 radical (unpaired) electrons. The number of hydrogen-bond acceptors (Lipinski definition) is 0. The van der Waals surface area contributed by atoms with E-state index in [-0.39, 0.29) is 0 Å². The average Bonchev–Trinajstić information content (AvgIpc) is 3.60. The van der Waals surface area contributed by atoms with Gasteiger partial charge in [-0.05, 0) is 75.5 Å². The minimum Gasteiger partial charge on any atom is -0.354 e. The molecule has 0 saturated heterocycles. The predicted octanol–water partition coefficient (Wildman–Crippen LogP) is 10.9. The Hall–Kier alpha value is -5.60. The van der Waals surface area contributed by atoms with E-state index in [0.29, 0.717) is 0 Å². The molecule has 9 aromatic rings. The van der Waals surface area contributed by atoms with Crippen molar-refractivity contribution in [2.24, 2.45) is 0 Å². The van der Waals surface area contributed by atoms with Crippen LogP contribution in [-0.4, -0.2) is 9.55 Å². The molecule has 0 aliphatic heterocycles. The Bertz CT molecular complexity index is 2460. The molecule has 0 fully saturated rings. The molecule has 0 amide bonds. The first-order chi connectivity index (χ1) is 20.8. The molecule has 0 bridgehead atoms. The summed E-state index contributed by atoms with van der Waals surface area (Å²) in [5.74, 6) is 0. The van der Waals surface area contributed by atoms with Gasteiger partial charge in [-0.2, -0.15) is 0 Å². The number of nitrogens with one attached hydrogen (secondary N) is 1. The highest BCUT2D eigenvalue weighted by atomic mass is 15.0. The van der Waals surface area contributed by atoms with Crippen molar-refractivity contribution in [3.63, 3.8) is 0 Å². The Morgan fingerprint density at radius 2 is 1.05 bits per heavy atom. The van der Waals surface area contributed by atoms with E-state index in [1.165, 1.54) is 82.3 Å². The second kappa shape index (κ2) is 8.95. The Balaban J connectivity index is 1.30. The Morgan fingerprint density at radius 1 is 0.381 bits per heavy atom. The van der Waals surface area contributed by atoms with Crippen molar-refractivity contribution in [3.8, 4) is 27.9 Å². The van der Waals surface area contributed by atoms with Gasteiger partial charge in [-0.15, -0.1) is 0 Å². The van der Waals surface area contributed by atoms with E-state index in [2.05, 4.69) is 161 Å². The normalized spacial score (nSPS) is 11.8. The van der Waals surface area contributed by atoms with E-state index < -0.39 is 0 Å². The van der Waals surface area contributed by atoms with Gasteiger partial charge < -0.3 is 9.55 Å². The summed E-state index contributed by atoms with van der Waals surface area (Å²) in [6, 6.07) is 55.0. The molecule has 7 aromatic carbocycles. The summed E-state index contributed by atoms with van der Waals surface area (Å²) >= 11 is 0. The van der Waals surface area contributed by atoms with Gasteiger partial charge in [0.25, 0.3) is 0 Å². The molecule has 0 spiro atoms. The zero-order chi connectivity index (χ0) is 27.6. The molecule has 0 saturated carbocycles. The molecule has 196 valence electrons. The van der Waals surface area contributed by atoms with Gasteiger partial charge in [0.15, 0.2) is 0 Å². The third-order valence-electron chi connectivity index (χ3n) is 8.71. The fourth-order valence-corrected chi connectivity index (χ4v) is 6.82. The zero-order valence-electron chi connectivity index (χ0n) is 22.9. The Labute approximate surface area is 243 Å². The molecule has 9 rings (SSSR count). The highest BCUT2D eigenvalue weighted by Gasteiger charge is 2.18. The van der Waals surface area contributed by atoms with E-state index in [0.717, 1.165) is 0 Å². The van der Waals surface area contributed by atoms with Crippen LogP contribution in [0.15, 0.2) is 152 Å². The second-order valence-electron chi connectivity index (χ2n) is 11.1. The number of fused-ring (bicyclic) bond motifs is 8. The highest BCUT2D eigenvalue weighted by Crippen LogP contribution is 2.42. The van der Waals surface area contributed by atoms with Crippen LogP contribution in [0.4, 0.5) is 0 Å². The summed E-state index contributed by atoms with van der Waals surface area (Å²) in [5.41, 5.74) is 10.8. The largest absolute Gasteiger partial charge is 0.354 e. The topological polar surface area (TPSA) is 20.7 Å². The average molecular weight is 535 g/mol. The Kier molecular flexibility index (Phi) is 4.93. The lowest BCUT2D eigenvalue weighted by molar-refractivity contribution is 1.18. The van der Waals surface area contributed by atoms with Crippen LogP contribution in [0.3, 0.4) is 0 Å². The molecule has 2 nitrogen and oxygen atoms in total. The van der Waals surface area contributed by atoms with Crippen LogP contribution in [0, 0.1) is 0 Å². The molecule has 1 N–H and O–H groups in total.